The molecule has 0 bridgehead atoms. The van der Waals surface area contributed by atoms with Crippen molar-refractivity contribution >= 4 is 17.0 Å². The number of rotatable bonds is 3. The Hall–Kier alpha value is -2.82. The average Bonchev–Trinajstić information content (AvgIpc) is 3.17. The van der Waals surface area contributed by atoms with Crippen LogP contribution >= 0.6 is 0 Å². The topological polar surface area (TPSA) is 64.4 Å². The van der Waals surface area contributed by atoms with Gasteiger partial charge in [0.2, 0.25) is 5.89 Å². The van der Waals surface area contributed by atoms with Crippen LogP contribution in [0.3, 0.4) is 0 Å². The minimum atomic E-state index is -0.487. The molecule has 1 aliphatic rings. The van der Waals surface area contributed by atoms with Gasteiger partial charge in [0.25, 0.3) is 5.91 Å². The van der Waals surface area contributed by atoms with Gasteiger partial charge in [-0.05, 0) is 30.2 Å². The Bertz CT molecular complexity index is 860. The van der Waals surface area contributed by atoms with Gasteiger partial charge in [-0.2, -0.15) is 0 Å². The molecule has 2 heterocycles. The van der Waals surface area contributed by atoms with E-state index in [2.05, 4.69) is 10.3 Å². The molecule has 1 N–H and O–H groups in total. The summed E-state index contributed by atoms with van der Waals surface area (Å²) in [6, 6.07) is 13.5. The highest BCUT2D eigenvalue weighted by Gasteiger charge is 2.28. The number of amides is 1. The highest BCUT2D eigenvalue weighted by molar-refractivity contribution is 5.82. The smallest absolute Gasteiger partial charge is 0.261 e. The summed E-state index contributed by atoms with van der Waals surface area (Å²) in [6.07, 6.45) is 0.104. The zero-order valence-corrected chi connectivity index (χ0v) is 12.7. The largest absolute Gasteiger partial charge is 0.480 e. The molecule has 4 rings (SSSR count). The Balaban J connectivity index is 1.43. The van der Waals surface area contributed by atoms with Crippen LogP contribution in [0.25, 0.3) is 11.1 Å². The third-order valence-corrected chi connectivity index (χ3v) is 4.02. The highest BCUT2D eigenvalue weighted by Crippen LogP contribution is 2.28. The molecule has 116 valence electrons. The van der Waals surface area contributed by atoms with Crippen LogP contribution in [0.15, 0.2) is 46.9 Å². The molecule has 3 aromatic rings. The molecule has 23 heavy (non-hydrogen) atoms. The maximum atomic E-state index is 12.3. The number of hydrogen-bond acceptors (Lipinski definition) is 4. The predicted molar refractivity (Wildman–Crippen MR) is 85.2 cm³/mol. The lowest BCUT2D eigenvalue weighted by molar-refractivity contribution is -0.127. The van der Waals surface area contributed by atoms with E-state index in [1.165, 1.54) is 0 Å². The number of oxazole rings is 1. The van der Waals surface area contributed by atoms with Gasteiger partial charge in [0.1, 0.15) is 11.3 Å². The van der Waals surface area contributed by atoms with E-state index in [1.54, 1.807) is 0 Å². The standard InChI is InChI=1S/C18H16N2O3/c1-11-5-4-8-14-17(11)20-16(23-14)10-19-18(21)15-9-12-6-2-3-7-13(12)22-15/h2-8,15H,9-10H2,1H3,(H,19,21). The lowest BCUT2D eigenvalue weighted by atomic mass is 10.1. The van der Waals surface area contributed by atoms with Crippen molar-refractivity contribution in [2.24, 2.45) is 0 Å². The Labute approximate surface area is 133 Å². The first-order valence-corrected chi connectivity index (χ1v) is 7.58. The van der Waals surface area contributed by atoms with E-state index in [0.717, 1.165) is 28.0 Å². The SMILES string of the molecule is Cc1cccc2oc(CNC(=O)C3Cc4ccccc4O3)nc12. The van der Waals surface area contributed by atoms with E-state index >= 15 is 0 Å². The predicted octanol–water partition coefficient (Wildman–Crippen LogP) is 2.76. The molecule has 0 aliphatic carbocycles. The second kappa shape index (κ2) is 5.43. The van der Waals surface area contributed by atoms with Crippen molar-refractivity contribution in [1.82, 2.24) is 10.3 Å². The van der Waals surface area contributed by atoms with E-state index in [1.807, 2.05) is 49.4 Å². The van der Waals surface area contributed by atoms with Gasteiger partial charge in [-0.1, -0.05) is 30.3 Å². The number of carbonyl (C=O) groups is 1. The minimum Gasteiger partial charge on any atom is -0.480 e. The number of hydrogen-bond donors (Lipinski definition) is 1. The molecule has 0 radical (unpaired) electrons. The van der Waals surface area contributed by atoms with Crippen molar-refractivity contribution < 1.29 is 13.9 Å². The molecule has 2 aromatic carbocycles. The number of para-hydroxylation sites is 2. The second-order valence-electron chi connectivity index (χ2n) is 5.67. The van der Waals surface area contributed by atoms with Crippen LogP contribution in [0.5, 0.6) is 5.75 Å². The first kappa shape index (κ1) is 13.8. The molecule has 5 heteroatoms. The number of fused-ring (bicyclic) bond motifs is 2. The van der Waals surface area contributed by atoms with E-state index in [0.29, 0.717) is 12.3 Å². The first-order valence-electron chi connectivity index (χ1n) is 7.58. The van der Waals surface area contributed by atoms with Gasteiger partial charge in [-0.3, -0.25) is 4.79 Å². The Kier molecular flexibility index (Phi) is 3.26. The summed E-state index contributed by atoms with van der Waals surface area (Å²) < 4.78 is 11.3. The number of aryl methyl sites for hydroxylation is 1. The summed E-state index contributed by atoms with van der Waals surface area (Å²) in [5, 5.41) is 2.84. The van der Waals surface area contributed by atoms with Crippen LogP contribution in [0.4, 0.5) is 0 Å². The number of nitrogens with one attached hydrogen (secondary N) is 1. The van der Waals surface area contributed by atoms with Crippen LogP contribution in [0.1, 0.15) is 17.0 Å². The summed E-state index contributed by atoms with van der Waals surface area (Å²) >= 11 is 0. The Morgan fingerprint density at radius 1 is 1.26 bits per heavy atom. The molecule has 1 unspecified atom stereocenters. The van der Waals surface area contributed by atoms with Crippen molar-refractivity contribution in [1.29, 1.82) is 0 Å². The number of ether oxygens (including phenoxy) is 1. The Morgan fingerprint density at radius 2 is 2.13 bits per heavy atom. The number of benzene rings is 2. The molecule has 5 nitrogen and oxygen atoms in total. The van der Waals surface area contributed by atoms with Crippen molar-refractivity contribution in [2.45, 2.75) is 26.0 Å². The van der Waals surface area contributed by atoms with Crippen molar-refractivity contribution in [3.05, 3.63) is 59.5 Å². The van der Waals surface area contributed by atoms with Crippen LogP contribution in [0, 0.1) is 6.92 Å². The molecule has 1 atom stereocenters. The number of carbonyl (C=O) groups excluding carboxylic acids is 1. The van der Waals surface area contributed by atoms with Gasteiger partial charge in [-0.25, -0.2) is 4.98 Å². The summed E-state index contributed by atoms with van der Waals surface area (Å²) in [7, 11) is 0. The molecule has 1 aliphatic heterocycles. The molecular weight excluding hydrogens is 292 g/mol. The number of aromatic nitrogens is 1. The van der Waals surface area contributed by atoms with Gasteiger partial charge in [0.05, 0.1) is 6.54 Å². The quantitative estimate of drug-likeness (QED) is 0.808. The molecule has 0 saturated carbocycles. The fraction of sp³-hybridized carbons (Fsp3) is 0.222. The lowest BCUT2D eigenvalue weighted by Gasteiger charge is -2.09. The molecule has 0 saturated heterocycles. The van der Waals surface area contributed by atoms with Crippen LogP contribution in [-0.4, -0.2) is 17.0 Å². The molecule has 0 spiro atoms. The van der Waals surface area contributed by atoms with E-state index in [4.69, 9.17) is 9.15 Å². The number of nitrogens with zero attached hydrogens (tertiary/aromatic N) is 1. The van der Waals surface area contributed by atoms with Gasteiger partial charge < -0.3 is 14.5 Å². The third-order valence-electron chi connectivity index (χ3n) is 4.02. The van der Waals surface area contributed by atoms with Gasteiger partial charge in [0, 0.05) is 6.42 Å². The zero-order valence-electron chi connectivity index (χ0n) is 12.7. The fourth-order valence-corrected chi connectivity index (χ4v) is 2.81. The van der Waals surface area contributed by atoms with E-state index < -0.39 is 6.10 Å². The van der Waals surface area contributed by atoms with Gasteiger partial charge >= 0.3 is 0 Å². The normalized spacial score (nSPS) is 16.1. The molecule has 1 amide bonds. The van der Waals surface area contributed by atoms with Gasteiger partial charge in [0.15, 0.2) is 11.7 Å². The summed E-state index contributed by atoms with van der Waals surface area (Å²) in [5.74, 6) is 1.13. The maximum absolute atomic E-state index is 12.3. The highest BCUT2D eigenvalue weighted by atomic mass is 16.5. The fourth-order valence-electron chi connectivity index (χ4n) is 2.81. The molecular formula is C18H16N2O3. The first-order chi connectivity index (χ1) is 11.2. The third kappa shape index (κ3) is 2.54. The summed E-state index contributed by atoms with van der Waals surface area (Å²) in [5.41, 5.74) is 3.68. The van der Waals surface area contributed by atoms with E-state index in [-0.39, 0.29) is 12.5 Å². The summed E-state index contributed by atoms with van der Waals surface area (Å²) in [4.78, 5) is 16.7. The maximum Gasteiger partial charge on any atom is 0.261 e. The van der Waals surface area contributed by atoms with Crippen LogP contribution < -0.4 is 10.1 Å². The Morgan fingerprint density at radius 3 is 2.96 bits per heavy atom. The minimum absolute atomic E-state index is 0.153. The monoisotopic (exact) mass is 308 g/mol. The molecule has 0 fully saturated rings. The van der Waals surface area contributed by atoms with E-state index in [9.17, 15) is 4.79 Å². The average molecular weight is 308 g/mol. The van der Waals surface area contributed by atoms with Gasteiger partial charge in [-0.15, -0.1) is 0 Å². The zero-order chi connectivity index (χ0) is 15.8. The lowest BCUT2D eigenvalue weighted by Crippen LogP contribution is -2.37. The van der Waals surface area contributed by atoms with Crippen LogP contribution in [0.2, 0.25) is 0 Å². The molecule has 1 aromatic heterocycles. The van der Waals surface area contributed by atoms with Crippen molar-refractivity contribution in [3.8, 4) is 5.75 Å². The second-order valence-corrected chi connectivity index (χ2v) is 5.67. The van der Waals surface area contributed by atoms with Crippen molar-refractivity contribution in [3.63, 3.8) is 0 Å². The summed E-state index contributed by atoms with van der Waals surface area (Å²) in [6.45, 7) is 2.24. The van der Waals surface area contributed by atoms with Crippen LogP contribution in [-0.2, 0) is 17.8 Å². The van der Waals surface area contributed by atoms with Crippen molar-refractivity contribution in [2.75, 3.05) is 0 Å².